The van der Waals surface area contributed by atoms with E-state index < -0.39 is 0 Å². The summed E-state index contributed by atoms with van der Waals surface area (Å²) in [5, 5.41) is 0. The van der Waals surface area contributed by atoms with Gasteiger partial charge < -0.3 is 4.74 Å². The Bertz CT molecular complexity index is 672. The molecule has 2 rings (SSSR count). The van der Waals surface area contributed by atoms with Gasteiger partial charge in [-0.25, -0.2) is 4.98 Å². The molecular formula is C27H42N2O. The van der Waals surface area contributed by atoms with Gasteiger partial charge in [-0.05, 0) is 24.8 Å². The van der Waals surface area contributed by atoms with Crippen molar-refractivity contribution in [2.45, 2.75) is 104 Å². The van der Waals surface area contributed by atoms with Crippen molar-refractivity contribution in [2.24, 2.45) is 0 Å². The lowest BCUT2D eigenvalue weighted by Crippen LogP contribution is -2.04. The van der Waals surface area contributed by atoms with Crippen LogP contribution < -0.4 is 4.74 Å². The van der Waals surface area contributed by atoms with Crippen LogP contribution in [0.4, 0.5) is 0 Å². The summed E-state index contributed by atoms with van der Waals surface area (Å²) in [6.45, 7) is 5.23. The minimum absolute atomic E-state index is 0.519. The third-order valence-corrected chi connectivity index (χ3v) is 5.67. The zero-order chi connectivity index (χ0) is 21.3. The predicted molar refractivity (Wildman–Crippen MR) is 128 cm³/mol. The zero-order valence-corrected chi connectivity index (χ0v) is 19.4. The minimum atomic E-state index is 0.519. The van der Waals surface area contributed by atoms with E-state index in [0.29, 0.717) is 12.6 Å². The lowest BCUT2D eigenvalue weighted by atomic mass is 10.0. The van der Waals surface area contributed by atoms with Gasteiger partial charge in [0.2, 0.25) is 0 Å². The van der Waals surface area contributed by atoms with Crippen molar-refractivity contribution >= 4 is 0 Å². The second-order valence-electron chi connectivity index (χ2n) is 8.38. The summed E-state index contributed by atoms with van der Waals surface area (Å²) in [6.07, 6.45) is 19.8. The summed E-state index contributed by atoms with van der Waals surface area (Å²) >= 11 is 0. The van der Waals surface area contributed by atoms with Crippen LogP contribution in [0.15, 0.2) is 36.5 Å². The van der Waals surface area contributed by atoms with Crippen molar-refractivity contribution in [3.63, 3.8) is 0 Å². The molecule has 2 aromatic rings. The SMILES string of the molecule is CCCCCCCCCc1cnc(OCCCCCCCC)nc1-c1ccccc1. The Kier molecular flexibility index (Phi) is 12.9. The molecule has 30 heavy (non-hydrogen) atoms. The molecule has 0 amide bonds. The molecule has 1 aromatic carbocycles. The highest BCUT2D eigenvalue weighted by Crippen LogP contribution is 2.25. The minimum Gasteiger partial charge on any atom is -0.463 e. The maximum absolute atomic E-state index is 5.89. The first-order valence-electron chi connectivity index (χ1n) is 12.4. The second kappa shape index (κ2) is 15.9. The van der Waals surface area contributed by atoms with Crippen LogP contribution in [0.2, 0.25) is 0 Å². The lowest BCUT2D eigenvalue weighted by Gasteiger charge is -2.11. The molecule has 0 aliphatic heterocycles. The smallest absolute Gasteiger partial charge is 0.316 e. The third-order valence-electron chi connectivity index (χ3n) is 5.67. The van der Waals surface area contributed by atoms with E-state index in [1.165, 1.54) is 82.6 Å². The number of aromatic nitrogens is 2. The number of aryl methyl sites for hydroxylation is 1. The monoisotopic (exact) mass is 410 g/mol. The van der Waals surface area contributed by atoms with E-state index in [2.05, 4.69) is 49.2 Å². The number of nitrogens with zero attached hydrogens (tertiary/aromatic N) is 2. The fourth-order valence-corrected chi connectivity index (χ4v) is 3.81. The van der Waals surface area contributed by atoms with E-state index >= 15 is 0 Å². The van der Waals surface area contributed by atoms with E-state index in [-0.39, 0.29) is 0 Å². The second-order valence-corrected chi connectivity index (χ2v) is 8.38. The molecule has 0 fully saturated rings. The molecule has 166 valence electrons. The average Bonchev–Trinajstić information content (AvgIpc) is 2.79. The standard InChI is InChI=1S/C27H42N2O/c1-3-5-7-9-11-12-15-21-25-23-28-27(30-22-18-13-10-8-6-4-2)29-26(25)24-19-16-14-17-20-24/h14,16-17,19-20,23H,3-13,15,18,21-22H2,1-2H3. The van der Waals surface area contributed by atoms with Gasteiger partial charge in [0.1, 0.15) is 0 Å². The molecule has 1 aromatic heterocycles. The van der Waals surface area contributed by atoms with Gasteiger partial charge in [-0.2, -0.15) is 4.98 Å². The van der Waals surface area contributed by atoms with Crippen LogP contribution in [0.1, 0.15) is 103 Å². The molecule has 0 N–H and O–H groups in total. The molecule has 3 nitrogen and oxygen atoms in total. The van der Waals surface area contributed by atoms with Gasteiger partial charge in [0.15, 0.2) is 0 Å². The van der Waals surface area contributed by atoms with Crippen molar-refractivity contribution in [3.05, 3.63) is 42.1 Å². The zero-order valence-electron chi connectivity index (χ0n) is 19.4. The first-order chi connectivity index (χ1) is 14.8. The molecule has 0 atom stereocenters. The van der Waals surface area contributed by atoms with E-state index in [0.717, 1.165) is 24.1 Å². The maximum atomic E-state index is 5.89. The largest absolute Gasteiger partial charge is 0.463 e. The van der Waals surface area contributed by atoms with Crippen LogP contribution in [0, 0.1) is 0 Å². The van der Waals surface area contributed by atoms with Gasteiger partial charge in [-0.1, -0.05) is 115 Å². The summed E-state index contributed by atoms with van der Waals surface area (Å²) in [5.41, 5.74) is 3.43. The number of hydrogen-bond donors (Lipinski definition) is 0. The van der Waals surface area contributed by atoms with E-state index in [1.807, 2.05) is 6.20 Å². The van der Waals surface area contributed by atoms with Crippen LogP contribution in [0.3, 0.4) is 0 Å². The summed E-state index contributed by atoms with van der Waals surface area (Å²) in [6, 6.07) is 11.0. The fourth-order valence-electron chi connectivity index (χ4n) is 3.81. The summed E-state index contributed by atoms with van der Waals surface area (Å²) < 4.78 is 5.89. The van der Waals surface area contributed by atoms with Crippen molar-refractivity contribution in [1.82, 2.24) is 9.97 Å². The Morgan fingerprint density at radius 3 is 1.97 bits per heavy atom. The Morgan fingerprint density at radius 2 is 1.30 bits per heavy atom. The molecule has 1 heterocycles. The molecule has 3 heteroatoms. The Hall–Kier alpha value is -1.90. The average molecular weight is 411 g/mol. The van der Waals surface area contributed by atoms with Crippen LogP contribution in [-0.4, -0.2) is 16.6 Å². The summed E-state index contributed by atoms with van der Waals surface area (Å²) in [7, 11) is 0. The van der Waals surface area contributed by atoms with Gasteiger partial charge >= 0.3 is 6.01 Å². The fraction of sp³-hybridized carbons (Fsp3) is 0.630. The highest BCUT2D eigenvalue weighted by Gasteiger charge is 2.10. The highest BCUT2D eigenvalue weighted by molar-refractivity contribution is 5.62. The number of rotatable bonds is 17. The van der Waals surface area contributed by atoms with E-state index in [1.54, 1.807) is 0 Å². The van der Waals surface area contributed by atoms with E-state index in [9.17, 15) is 0 Å². The van der Waals surface area contributed by atoms with Crippen molar-refractivity contribution < 1.29 is 4.74 Å². The molecule has 0 aliphatic rings. The Morgan fingerprint density at radius 1 is 0.700 bits per heavy atom. The van der Waals surface area contributed by atoms with Gasteiger partial charge in [0.05, 0.1) is 12.3 Å². The predicted octanol–water partition coefficient (Wildman–Crippen LogP) is 8.18. The highest BCUT2D eigenvalue weighted by atomic mass is 16.5. The van der Waals surface area contributed by atoms with Crippen molar-refractivity contribution in [3.8, 4) is 17.3 Å². The van der Waals surface area contributed by atoms with Crippen molar-refractivity contribution in [1.29, 1.82) is 0 Å². The van der Waals surface area contributed by atoms with Gasteiger partial charge in [-0.15, -0.1) is 0 Å². The molecule has 0 saturated carbocycles. The van der Waals surface area contributed by atoms with Crippen LogP contribution in [0.5, 0.6) is 6.01 Å². The van der Waals surface area contributed by atoms with Crippen LogP contribution in [0.25, 0.3) is 11.3 Å². The van der Waals surface area contributed by atoms with Crippen molar-refractivity contribution in [2.75, 3.05) is 6.61 Å². The molecule has 0 spiro atoms. The number of hydrogen-bond acceptors (Lipinski definition) is 3. The molecule has 0 aliphatic carbocycles. The number of ether oxygens (including phenoxy) is 1. The maximum Gasteiger partial charge on any atom is 0.316 e. The van der Waals surface area contributed by atoms with Crippen LogP contribution in [-0.2, 0) is 6.42 Å². The first-order valence-corrected chi connectivity index (χ1v) is 12.4. The van der Waals surface area contributed by atoms with Crippen LogP contribution >= 0.6 is 0 Å². The normalized spacial score (nSPS) is 11.0. The number of unbranched alkanes of at least 4 members (excludes halogenated alkanes) is 11. The Balaban J connectivity index is 1.87. The van der Waals surface area contributed by atoms with E-state index in [4.69, 9.17) is 9.72 Å². The lowest BCUT2D eigenvalue weighted by molar-refractivity contribution is 0.281. The first kappa shape index (κ1) is 24.4. The van der Waals surface area contributed by atoms with Gasteiger partial charge in [-0.3, -0.25) is 0 Å². The molecule has 0 radical (unpaired) electrons. The van der Waals surface area contributed by atoms with Gasteiger partial charge in [0, 0.05) is 11.8 Å². The topological polar surface area (TPSA) is 35.0 Å². The molecular weight excluding hydrogens is 368 g/mol. The quantitative estimate of drug-likeness (QED) is 0.247. The number of benzene rings is 1. The summed E-state index contributed by atoms with van der Waals surface area (Å²) in [4.78, 5) is 9.31. The third kappa shape index (κ3) is 9.73. The molecule has 0 unspecified atom stereocenters. The molecule has 0 bridgehead atoms. The van der Waals surface area contributed by atoms with Gasteiger partial charge in [0.25, 0.3) is 0 Å². The summed E-state index contributed by atoms with van der Waals surface area (Å²) in [5.74, 6) is 0. The molecule has 0 saturated heterocycles. The Labute approximate surface area is 184 Å².